The van der Waals surface area contributed by atoms with Gasteiger partial charge in [0.2, 0.25) is 11.8 Å². The maximum atomic E-state index is 12.4. The first-order valence-corrected chi connectivity index (χ1v) is 10.3. The second-order valence-electron chi connectivity index (χ2n) is 6.99. The molecule has 0 heterocycles. The maximum absolute atomic E-state index is 12.4. The number of benzene rings is 2. The Hall–Kier alpha value is -2.80. The van der Waals surface area contributed by atoms with Crippen LogP contribution in [0.3, 0.4) is 0 Å². The first kappa shape index (κ1) is 22.5. The summed E-state index contributed by atoms with van der Waals surface area (Å²) in [4.78, 5) is 35.5. The van der Waals surface area contributed by atoms with Crippen molar-refractivity contribution in [2.24, 2.45) is 0 Å². The molecule has 3 N–H and O–H groups in total. The minimum atomic E-state index is -1.00. The van der Waals surface area contributed by atoms with E-state index >= 15 is 0 Å². The van der Waals surface area contributed by atoms with Gasteiger partial charge in [0, 0.05) is 22.7 Å². The van der Waals surface area contributed by atoms with Gasteiger partial charge in [0.15, 0.2) is 0 Å². The molecule has 2 rings (SSSR count). The Morgan fingerprint density at radius 2 is 1.41 bits per heavy atom. The van der Waals surface area contributed by atoms with Crippen molar-refractivity contribution in [2.45, 2.75) is 49.7 Å². The highest BCUT2D eigenvalue weighted by molar-refractivity contribution is 8.00. The van der Waals surface area contributed by atoms with Crippen molar-refractivity contribution in [3.8, 4) is 0 Å². The average molecular weight is 415 g/mol. The smallest absolute Gasteiger partial charge is 0.303 e. The first-order valence-electron chi connectivity index (χ1n) is 9.44. The number of hydrogen-bond acceptors (Lipinski definition) is 4. The Balaban J connectivity index is 1.86. The lowest BCUT2D eigenvalue weighted by Crippen LogP contribution is -2.22. The monoisotopic (exact) mass is 414 g/mol. The SMILES string of the molecule is CC(Sc1ccc(NC(=O)CCC(=O)O)cc1)C(=O)Nc1ccc(C(C)C)cc1. The van der Waals surface area contributed by atoms with Crippen LogP contribution in [0.15, 0.2) is 53.4 Å². The predicted octanol–water partition coefficient (Wildman–Crippen LogP) is 4.73. The Labute approximate surface area is 175 Å². The van der Waals surface area contributed by atoms with Gasteiger partial charge in [-0.05, 0) is 54.8 Å². The van der Waals surface area contributed by atoms with Gasteiger partial charge in [0.05, 0.1) is 11.7 Å². The zero-order valence-electron chi connectivity index (χ0n) is 16.8. The summed E-state index contributed by atoms with van der Waals surface area (Å²) in [6.07, 6.45) is -0.270. The molecule has 0 aliphatic rings. The molecule has 154 valence electrons. The van der Waals surface area contributed by atoms with E-state index in [0.29, 0.717) is 11.6 Å². The van der Waals surface area contributed by atoms with E-state index in [9.17, 15) is 14.4 Å². The van der Waals surface area contributed by atoms with E-state index in [1.54, 1.807) is 12.1 Å². The number of amides is 2. The van der Waals surface area contributed by atoms with Crippen molar-refractivity contribution in [2.75, 3.05) is 10.6 Å². The van der Waals surface area contributed by atoms with Gasteiger partial charge in [0.1, 0.15) is 0 Å². The van der Waals surface area contributed by atoms with Crippen LogP contribution in [0, 0.1) is 0 Å². The molecule has 0 spiro atoms. The van der Waals surface area contributed by atoms with Crippen molar-refractivity contribution in [3.05, 3.63) is 54.1 Å². The molecule has 0 aliphatic carbocycles. The molecule has 1 atom stereocenters. The number of anilines is 2. The molecule has 0 aliphatic heterocycles. The minimum absolute atomic E-state index is 0.0683. The highest BCUT2D eigenvalue weighted by Crippen LogP contribution is 2.26. The van der Waals surface area contributed by atoms with Gasteiger partial charge < -0.3 is 15.7 Å². The van der Waals surface area contributed by atoms with Crippen LogP contribution in [0.1, 0.15) is 45.1 Å². The largest absolute Gasteiger partial charge is 0.481 e. The molecular weight excluding hydrogens is 388 g/mol. The fourth-order valence-corrected chi connectivity index (χ4v) is 3.38. The van der Waals surface area contributed by atoms with Crippen LogP contribution in [0.4, 0.5) is 11.4 Å². The second-order valence-corrected chi connectivity index (χ2v) is 8.41. The van der Waals surface area contributed by atoms with Crippen LogP contribution in [0.5, 0.6) is 0 Å². The average Bonchev–Trinajstić information content (AvgIpc) is 2.68. The number of rotatable bonds is 9. The van der Waals surface area contributed by atoms with E-state index in [4.69, 9.17) is 5.11 Å². The van der Waals surface area contributed by atoms with Crippen molar-refractivity contribution in [1.29, 1.82) is 0 Å². The normalized spacial score (nSPS) is 11.7. The van der Waals surface area contributed by atoms with Crippen LogP contribution in [0.2, 0.25) is 0 Å². The van der Waals surface area contributed by atoms with Crippen LogP contribution < -0.4 is 10.6 Å². The van der Waals surface area contributed by atoms with E-state index in [2.05, 4.69) is 24.5 Å². The summed E-state index contributed by atoms with van der Waals surface area (Å²) < 4.78 is 0. The number of carbonyl (C=O) groups excluding carboxylic acids is 2. The van der Waals surface area contributed by atoms with Crippen molar-refractivity contribution < 1.29 is 19.5 Å². The molecular formula is C22H26N2O4S. The van der Waals surface area contributed by atoms with Crippen LogP contribution >= 0.6 is 11.8 Å². The standard InChI is InChI=1S/C22H26N2O4S/c1-14(2)16-4-6-18(7-5-16)24-22(28)15(3)29-19-10-8-17(9-11-19)23-20(25)12-13-21(26)27/h4-11,14-15H,12-13H2,1-3H3,(H,23,25)(H,24,28)(H,26,27). The molecule has 0 saturated carbocycles. The number of carboxylic acids is 1. The van der Waals surface area contributed by atoms with Crippen LogP contribution in [-0.2, 0) is 14.4 Å². The van der Waals surface area contributed by atoms with Crippen molar-refractivity contribution >= 4 is 40.9 Å². The lowest BCUT2D eigenvalue weighted by Gasteiger charge is -2.13. The minimum Gasteiger partial charge on any atom is -0.481 e. The van der Waals surface area contributed by atoms with Crippen LogP contribution in [-0.4, -0.2) is 28.1 Å². The molecule has 2 aromatic rings. The van der Waals surface area contributed by atoms with Gasteiger partial charge in [-0.1, -0.05) is 26.0 Å². The number of hydrogen-bond donors (Lipinski definition) is 3. The number of nitrogens with one attached hydrogen (secondary N) is 2. The second kappa shape index (κ2) is 10.7. The molecule has 0 saturated heterocycles. The van der Waals surface area contributed by atoms with Gasteiger partial charge >= 0.3 is 5.97 Å². The third-order valence-corrected chi connectivity index (χ3v) is 5.34. The summed E-state index contributed by atoms with van der Waals surface area (Å²) in [7, 11) is 0. The molecule has 6 nitrogen and oxygen atoms in total. The third-order valence-electron chi connectivity index (χ3n) is 4.23. The van der Waals surface area contributed by atoms with Crippen molar-refractivity contribution in [3.63, 3.8) is 0 Å². The molecule has 0 aromatic heterocycles. The van der Waals surface area contributed by atoms with Gasteiger partial charge in [-0.25, -0.2) is 0 Å². The summed E-state index contributed by atoms with van der Waals surface area (Å²) in [5.74, 6) is -0.989. The van der Waals surface area contributed by atoms with E-state index in [1.807, 2.05) is 43.3 Å². The zero-order chi connectivity index (χ0) is 21.4. The molecule has 2 aromatic carbocycles. The zero-order valence-corrected chi connectivity index (χ0v) is 17.6. The Morgan fingerprint density at radius 3 is 1.97 bits per heavy atom. The van der Waals surface area contributed by atoms with Gasteiger partial charge in [0.25, 0.3) is 0 Å². The highest BCUT2D eigenvalue weighted by Gasteiger charge is 2.15. The van der Waals surface area contributed by atoms with Gasteiger partial charge in [-0.3, -0.25) is 14.4 Å². The number of carboxylic acid groups (broad SMARTS) is 1. The lowest BCUT2D eigenvalue weighted by atomic mass is 10.0. The van der Waals surface area contributed by atoms with E-state index in [-0.39, 0.29) is 29.9 Å². The predicted molar refractivity (Wildman–Crippen MR) is 116 cm³/mol. The van der Waals surface area contributed by atoms with E-state index in [1.165, 1.54) is 17.3 Å². The van der Waals surface area contributed by atoms with Crippen LogP contribution in [0.25, 0.3) is 0 Å². The highest BCUT2D eigenvalue weighted by atomic mass is 32.2. The molecule has 29 heavy (non-hydrogen) atoms. The summed E-state index contributed by atoms with van der Waals surface area (Å²) in [5.41, 5.74) is 2.58. The molecule has 2 amide bonds. The molecule has 0 bridgehead atoms. The Bertz CT molecular complexity index is 848. The molecule has 1 unspecified atom stereocenters. The Kier molecular flexibility index (Phi) is 8.27. The number of thioether (sulfide) groups is 1. The Morgan fingerprint density at radius 1 is 0.862 bits per heavy atom. The summed E-state index contributed by atoms with van der Waals surface area (Å²) in [6.45, 7) is 6.09. The number of aliphatic carboxylic acids is 1. The van der Waals surface area contributed by atoms with Gasteiger partial charge in [-0.15, -0.1) is 11.8 Å². The van der Waals surface area contributed by atoms with Crippen molar-refractivity contribution in [1.82, 2.24) is 0 Å². The van der Waals surface area contributed by atoms with E-state index in [0.717, 1.165) is 10.6 Å². The quantitative estimate of drug-likeness (QED) is 0.516. The molecule has 0 radical (unpaired) electrons. The maximum Gasteiger partial charge on any atom is 0.303 e. The lowest BCUT2D eigenvalue weighted by molar-refractivity contribution is -0.138. The van der Waals surface area contributed by atoms with Gasteiger partial charge in [-0.2, -0.15) is 0 Å². The number of carbonyl (C=O) groups is 3. The van der Waals surface area contributed by atoms with E-state index < -0.39 is 5.97 Å². The fraction of sp³-hybridized carbons (Fsp3) is 0.318. The summed E-state index contributed by atoms with van der Waals surface area (Å²) in [5, 5.41) is 13.9. The summed E-state index contributed by atoms with van der Waals surface area (Å²) in [6, 6.07) is 15.0. The fourth-order valence-electron chi connectivity index (χ4n) is 2.51. The third kappa shape index (κ3) is 7.62. The molecule has 0 fully saturated rings. The topological polar surface area (TPSA) is 95.5 Å². The molecule has 7 heteroatoms. The summed E-state index contributed by atoms with van der Waals surface area (Å²) >= 11 is 1.42. The first-order chi connectivity index (χ1) is 13.7.